The van der Waals surface area contributed by atoms with E-state index in [1.165, 1.54) is 6.08 Å². The van der Waals surface area contributed by atoms with Crippen LogP contribution in [-0.2, 0) is 4.79 Å². The number of carboxylic acid groups (broad SMARTS) is 1. The first kappa shape index (κ1) is 10.6. The molecular formula is C12H8ClNO2. The maximum atomic E-state index is 10.4. The third-order valence-electron chi connectivity index (χ3n) is 2.13. The van der Waals surface area contributed by atoms with Gasteiger partial charge < -0.3 is 5.11 Å². The van der Waals surface area contributed by atoms with Gasteiger partial charge in [0.1, 0.15) is 0 Å². The largest absolute Gasteiger partial charge is 0.478 e. The number of nitrogens with zero attached hydrogens (tertiary/aromatic N) is 1. The second kappa shape index (κ2) is 4.33. The van der Waals surface area contributed by atoms with Crippen molar-refractivity contribution in [3.8, 4) is 0 Å². The van der Waals surface area contributed by atoms with Crippen molar-refractivity contribution in [2.75, 3.05) is 0 Å². The molecular weight excluding hydrogens is 226 g/mol. The number of aromatic nitrogens is 1. The minimum absolute atomic E-state index is 0.638. The van der Waals surface area contributed by atoms with Crippen molar-refractivity contribution in [3.63, 3.8) is 0 Å². The molecule has 4 heteroatoms. The molecule has 0 bridgehead atoms. The molecule has 0 aliphatic rings. The van der Waals surface area contributed by atoms with Crippen LogP contribution in [0.1, 0.15) is 5.56 Å². The molecule has 0 aliphatic carbocycles. The van der Waals surface area contributed by atoms with Crippen LogP contribution in [-0.4, -0.2) is 16.1 Å². The quantitative estimate of drug-likeness (QED) is 0.812. The zero-order chi connectivity index (χ0) is 11.5. The first-order valence-electron chi connectivity index (χ1n) is 4.62. The highest BCUT2D eigenvalue weighted by Crippen LogP contribution is 2.22. The summed E-state index contributed by atoms with van der Waals surface area (Å²) < 4.78 is 0. The molecule has 0 spiro atoms. The Kier molecular flexibility index (Phi) is 2.88. The Bertz CT molecular complexity index is 578. The molecule has 0 fully saturated rings. The summed E-state index contributed by atoms with van der Waals surface area (Å²) in [4.78, 5) is 14.5. The zero-order valence-corrected chi connectivity index (χ0v) is 8.98. The van der Waals surface area contributed by atoms with E-state index in [0.29, 0.717) is 5.02 Å². The number of carboxylic acids is 1. The zero-order valence-electron chi connectivity index (χ0n) is 8.22. The molecule has 80 valence electrons. The number of hydrogen-bond donors (Lipinski definition) is 1. The van der Waals surface area contributed by atoms with Crippen molar-refractivity contribution < 1.29 is 9.90 Å². The van der Waals surface area contributed by atoms with Crippen molar-refractivity contribution in [1.82, 2.24) is 4.98 Å². The molecule has 0 unspecified atom stereocenters. The Morgan fingerprint density at radius 2 is 2.19 bits per heavy atom. The summed E-state index contributed by atoms with van der Waals surface area (Å²) in [6.45, 7) is 0. The second-order valence-corrected chi connectivity index (χ2v) is 3.65. The summed E-state index contributed by atoms with van der Waals surface area (Å²) in [7, 11) is 0. The van der Waals surface area contributed by atoms with Crippen molar-refractivity contribution in [1.29, 1.82) is 0 Å². The van der Waals surface area contributed by atoms with Gasteiger partial charge in [-0.2, -0.15) is 0 Å². The predicted octanol–water partition coefficient (Wildman–Crippen LogP) is 2.99. The van der Waals surface area contributed by atoms with Crippen LogP contribution >= 0.6 is 11.6 Å². The van der Waals surface area contributed by atoms with E-state index in [9.17, 15) is 4.79 Å². The van der Waals surface area contributed by atoms with E-state index in [-0.39, 0.29) is 0 Å². The van der Waals surface area contributed by atoms with Crippen LogP contribution in [0.2, 0.25) is 5.02 Å². The standard InChI is InChI=1S/C12H8ClNO2/c13-10-5-6-14-11-7-8(1-3-9(10)11)2-4-12(15)16/h1-7H,(H,15,16)/b4-2+. The van der Waals surface area contributed by atoms with Crippen molar-refractivity contribution >= 4 is 34.5 Å². The van der Waals surface area contributed by atoms with Gasteiger partial charge in [-0.1, -0.05) is 23.7 Å². The van der Waals surface area contributed by atoms with Crippen molar-refractivity contribution in [2.24, 2.45) is 0 Å². The Hall–Kier alpha value is -1.87. The molecule has 0 saturated carbocycles. The highest BCUT2D eigenvalue weighted by Gasteiger charge is 1.99. The summed E-state index contributed by atoms with van der Waals surface area (Å²) in [5.41, 5.74) is 1.53. The minimum Gasteiger partial charge on any atom is -0.478 e. The number of benzene rings is 1. The van der Waals surface area contributed by atoms with Crippen LogP contribution in [0, 0.1) is 0 Å². The molecule has 1 aromatic carbocycles. The van der Waals surface area contributed by atoms with Crippen LogP contribution in [0.15, 0.2) is 36.5 Å². The fourth-order valence-electron chi connectivity index (χ4n) is 1.40. The maximum absolute atomic E-state index is 10.4. The molecule has 0 aliphatic heterocycles. The first-order valence-corrected chi connectivity index (χ1v) is 5.00. The number of aliphatic carboxylic acids is 1. The Morgan fingerprint density at radius 1 is 1.38 bits per heavy atom. The SMILES string of the molecule is O=C(O)/C=C/c1ccc2c(Cl)ccnc2c1. The number of carbonyl (C=O) groups is 1. The minimum atomic E-state index is -0.973. The van der Waals surface area contributed by atoms with Gasteiger partial charge in [-0.25, -0.2) is 4.79 Å². The van der Waals surface area contributed by atoms with Gasteiger partial charge in [0.2, 0.25) is 0 Å². The molecule has 0 amide bonds. The summed E-state index contributed by atoms with van der Waals surface area (Å²) in [5, 5.41) is 10.0. The van der Waals surface area contributed by atoms with Crippen LogP contribution in [0.3, 0.4) is 0 Å². The van der Waals surface area contributed by atoms with E-state index < -0.39 is 5.97 Å². The monoisotopic (exact) mass is 233 g/mol. The average Bonchev–Trinajstić information content (AvgIpc) is 2.26. The van der Waals surface area contributed by atoms with E-state index in [0.717, 1.165) is 22.5 Å². The van der Waals surface area contributed by atoms with Crippen LogP contribution in [0.25, 0.3) is 17.0 Å². The Morgan fingerprint density at radius 3 is 2.94 bits per heavy atom. The molecule has 0 radical (unpaired) electrons. The molecule has 2 aromatic rings. The summed E-state index contributed by atoms with van der Waals surface area (Å²) in [5.74, 6) is -0.973. The Balaban J connectivity index is 2.49. The molecule has 1 heterocycles. The number of pyridine rings is 1. The van der Waals surface area contributed by atoms with Gasteiger partial charge >= 0.3 is 5.97 Å². The van der Waals surface area contributed by atoms with E-state index in [1.54, 1.807) is 24.4 Å². The Labute approximate surface area is 97.0 Å². The third-order valence-corrected chi connectivity index (χ3v) is 2.46. The number of halogens is 1. The van der Waals surface area contributed by atoms with Crippen LogP contribution in [0.5, 0.6) is 0 Å². The fourth-order valence-corrected chi connectivity index (χ4v) is 1.62. The lowest BCUT2D eigenvalue weighted by Gasteiger charge is -2.00. The van der Waals surface area contributed by atoms with Crippen molar-refractivity contribution in [3.05, 3.63) is 47.1 Å². The lowest BCUT2D eigenvalue weighted by Crippen LogP contribution is -1.86. The van der Waals surface area contributed by atoms with Gasteiger partial charge in [-0.3, -0.25) is 4.98 Å². The smallest absolute Gasteiger partial charge is 0.328 e. The summed E-state index contributed by atoms with van der Waals surface area (Å²) in [6.07, 6.45) is 4.23. The van der Waals surface area contributed by atoms with E-state index in [4.69, 9.17) is 16.7 Å². The number of hydrogen-bond acceptors (Lipinski definition) is 2. The van der Waals surface area contributed by atoms with Gasteiger partial charge in [0, 0.05) is 17.7 Å². The van der Waals surface area contributed by atoms with Gasteiger partial charge in [-0.15, -0.1) is 0 Å². The van der Waals surface area contributed by atoms with Gasteiger partial charge in [0.25, 0.3) is 0 Å². The normalized spacial score (nSPS) is 11.1. The average molecular weight is 234 g/mol. The molecule has 1 N–H and O–H groups in total. The third kappa shape index (κ3) is 2.20. The molecule has 0 saturated heterocycles. The van der Waals surface area contributed by atoms with Gasteiger partial charge in [0.05, 0.1) is 10.5 Å². The van der Waals surface area contributed by atoms with Gasteiger partial charge in [0.15, 0.2) is 0 Å². The highest BCUT2D eigenvalue weighted by molar-refractivity contribution is 6.35. The summed E-state index contributed by atoms with van der Waals surface area (Å²) >= 11 is 5.98. The lowest BCUT2D eigenvalue weighted by molar-refractivity contribution is -0.131. The van der Waals surface area contributed by atoms with Crippen LogP contribution in [0.4, 0.5) is 0 Å². The molecule has 3 nitrogen and oxygen atoms in total. The predicted molar refractivity (Wildman–Crippen MR) is 63.4 cm³/mol. The molecule has 2 rings (SSSR count). The van der Waals surface area contributed by atoms with E-state index >= 15 is 0 Å². The number of fused-ring (bicyclic) bond motifs is 1. The lowest BCUT2D eigenvalue weighted by atomic mass is 10.1. The highest BCUT2D eigenvalue weighted by atomic mass is 35.5. The molecule has 0 atom stereocenters. The molecule has 1 aromatic heterocycles. The fraction of sp³-hybridized carbons (Fsp3) is 0. The molecule has 16 heavy (non-hydrogen) atoms. The van der Waals surface area contributed by atoms with Crippen LogP contribution < -0.4 is 0 Å². The van der Waals surface area contributed by atoms with E-state index in [2.05, 4.69) is 4.98 Å². The second-order valence-electron chi connectivity index (χ2n) is 3.24. The number of rotatable bonds is 2. The topological polar surface area (TPSA) is 50.2 Å². The van der Waals surface area contributed by atoms with E-state index in [1.807, 2.05) is 6.07 Å². The van der Waals surface area contributed by atoms with Gasteiger partial charge in [-0.05, 0) is 23.8 Å². The first-order chi connectivity index (χ1) is 7.66. The summed E-state index contributed by atoms with van der Waals surface area (Å²) in [6, 6.07) is 7.14. The maximum Gasteiger partial charge on any atom is 0.328 e. The van der Waals surface area contributed by atoms with Crippen molar-refractivity contribution in [2.45, 2.75) is 0 Å².